The van der Waals surface area contributed by atoms with Crippen LogP contribution in [-0.4, -0.2) is 40.6 Å². The van der Waals surface area contributed by atoms with Gasteiger partial charge in [0.2, 0.25) is 0 Å². The number of aromatic nitrogens is 1. The zero-order chi connectivity index (χ0) is 13.7. The minimum atomic E-state index is 0.00158. The lowest BCUT2D eigenvalue weighted by molar-refractivity contribution is 0.0754. The maximum Gasteiger partial charge on any atom is 0.253 e. The zero-order valence-electron chi connectivity index (χ0n) is 11.0. The molecule has 4 heteroatoms. The minimum absolute atomic E-state index is 0.00158. The number of pyridine rings is 1. The molecule has 0 aliphatic heterocycles. The molecule has 0 saturated carbocycles. The molecule has 100 valence electrons. The van der Waals surface area contributed by atoms with Gasteiger partial charge in [0.05, 0.1) is 5.52 Å². The van der Waals surface area contributed by atoms with Crippen LogP contribution in [0.1, 0.15) is 23.7 Å². The number of carbonyl (C=O) groups excluding carboxylic acids is 1. The van der Waals surface area contributed by atoms with E-state index in [1.807, 2.05) is 31.2 Å². The summed E-state index contributed by atoms with van der Waals surface area (Å²) >= 11 is 0. The third-order valence-corrected chi connectivity index (χ3v) is 3.11. The first-order valence-corrected chi connectivity index (χ1v) is 6.51. The number of carbonyl (C=O) groups is 1. The Hall–Kier alpha value is -1.94. The van der Waals surface area contributed by atoms with Gasteiger partial charge in [0.25, 0.3) is 5.91 Å². The molecule has 0 fully saturated rings. The van der Waals surface area contributed by atoms with E-state index in [9.17, 15) is 4.79 Å². The van der Waals surface area contributed by atoms with Crippen molar-refractivity contribution in [3.05, 3.63) is 42.1 Å². The maximum absolute atomic E-state index is 12.3. The molecule has 0 unspecified atom stereocenters. The number of amides is 1. The molecule has 0 spiro atoms. The first-order valence-electron chi connectivity index (χ1n) is 6.51. The molecule has 1 aromatic heterocycles. The fourth-order valence-corrected chi connectivity index (χ4v) is 2.06. The topological polar surface area (TPSA) is 53.4 Å². The summed E-state index contributed by atoms with van der Waals surface area (Å²) in [5, 5.41) is 9.82. The molecular formula is C15H18N2O2. The second kappa shape index (κ2) is 6.29. The predicted octanol–water partition coefficient (Wildman–Crippen LogP) is 2.08. The van der Waals surface area contributed by atoms with Crippen molar-refractivity contribution in [2.75, 3.05) is 19.7 Å². The molecule has 4 nitrogen and oxygen atoms in total. The van der Waals surface area contributed by atoms with Gasteiger partial charge in [-0.15, -0.1) is 0 Å². The van der Waals surface area contributed by atoms with Crippen LogP contribution in [0.25, 0.3) is 10.9 Å². The molecule has 2 rings (SSSR count). The Morgan fingerprint density at radius 1 is 1.37 bits per heavy atom. The van der Waals surface area contributed by atoms with Crippen LogP contribution in [0.4, 0.5) is 0 Å². The van der Waals surface area contributed by atoms with E-state index in [0.717, 1.165) is 10.9 Å². The molecule has 1 N–H and O–H groups in total. The molecule has 1 amide bonds. The van der Waals surface area contributed by atoms with E-state index in [1.54, 1.807) is 17.2 Å². The summed E-state index contributed by atoms with van der Waals surface area (Å²) in [6.45, 7) is 3.27. The highest BCUT2D eigenvalue weighted by atomic mass is 16.3. The molecule has 0 aliphatic carbocycles. The molecule has 19 heavy (non-hydrogen) atoms. The number of hydrogen-bond acceptors (Lipinski definition) is 3. The van der Waals surface area contributed by atoms with Gasteiger partial charge >= 0.3 is 0 Å². The van der Waals surface area contributed by atoms with Gasteiger partial charge in [0.15, 0.2) is 0 Å². The minimum Gasteiger partial charge on any atom is -0.396 e. The summed E-state index contributed by atoms with van der Waals surface area (Å²) in [6.07, 6.45) is 2.35. The number of aliphatic hydroxyl groups is 1. The summed E-state index contributed by atoms with van der Waals surface area (Å²) in [5.74, 6) is 0.00158. The highest BCUT2D eigenvalue weighted by Gasteiger charge is 2.13. The molecule has 0 bridgehead atoms. The largest absolute Gasteiger partial charge is 0.396 e. The third-order valence-electron chi connectivity index (χ3n) is 3.11. The summed E-state index contributed by atoms with van der Waals surface area (Å²) < 4.78 is 0. The van der Waals surface area contributed by atoms with Crippen molar-refractivity contribution >= 4 is 16.8 Å². The Bertz CT molecular complexity index is 569. The molecule has 2 aromatic rings. The molecule has 0 radical (unpaired) electrons. The van der Waals surface area contributed by atoms with E-state index in [-0.39, 0.29) is 12.5 Å². The SMILES string of the molecule is CCN(CCCO)C(=O)c1ccc2ncccc2c1. The van der Waals surface area contributed by atoms with E-state index < -0.39 is 0 Å². The number of nitrogens with zero attached hydrogens (tertiary/aromatic N) is 2. The van der Waals surface area contributed by atoms with Crippen LogP contribution in [0.15, 0.2) is 36.5 Å². The van der Waals surface area contributed by atoms with Gasteiger partial charge in [0, 0.05) is 36.8 Å². The van der Waals surface area contributed by atoms with Gasteiger partial charge in [-0.3, -0.25) is 9.78 Å². The van der Waals surface area contributed by atoms with Crippen LogP contribution in [-0.2, 0) is 0 Å². The standard InChI is InChI=1S/C15H18N2O2/c1-2-17(9-4-10-18)15(19)13-6-7-14-12(11-13)5-3-8-16-14/h3,5-8,11,18H,2,4,9-10H2,1H3. The first-order chi connectivity index (χ1) is 9.26. The van der Waals surface area contributed by atoms with Gasteiger partial charge in [-0.05, 0) is 37.6 Å². The molecule has 0 aliphatic rings. The number of benzene rings is 1. The molecular weight excluding hydrogens is 240 g/mol. The highest BCUT2D eigenvalue weighted by Crippen LogP contribution is 2.15. The lowest BCUT2D eigenvalue weighted by Gasteiger charge is -2.20. The molecule has 0 saturated heterocycles. The number of aliphatic hydroxyl groups excluding tert-OH is 1. The summed E-state index contributed by atoms with van der Waals surface area (Å²) in [4.78, 5) is 18.3. The number of rotatable bonds is 5. The number of hydrogen-bond donors (Lipinski definition) is 1. The van der Waals surface area contributed by atoms with Crippen LogP contribution in [0.5, 0.6) is 0 Å². The summed E-state index contributed by atoms with van der Waals surface area (Å²) in [6, 6.07) is 9.34. The van der Waals surface area contributed by atoms with Gasteiger partial charge in [-0.2, -0.15) is 0 Å². The van der Waals surface area contributed by atoms with Crippen molar-refractivity contribution in [2.45, 2.75) is 13.3 Å². The average Bonchev–Trinajstić information content (AvgIpc) is 2.47. The van der Waals surface area contributed by atoms with Crippen LogP contribution < -0.4 is 0 Å². The monoisotopic (exact) mass is 258 g/mol. The van der Waals surface area contributed by atoms with E-state index in [0.29, 0.717) is 25.1 Å². The summed E-state index contributed by atoms with van der Waals surface area (Å²) in [7, 11) is 0. The van der Waals surface area contributed by atoms with E-state index in [1.165, 1.54) is 0 Å². The van der Waals surface area contributed by atoms with Gasteiger partial charge < -0.3 is 10.0 Å². The number of fused-ring (bicyclic) bond motifs is 1. The van der Waals surface area contributed by atoms with Crippen LogP contribution in [0, 0.1) is 0 Å². The van der Waals surface area contributed by atoms with Crippen molar-refractivity contribution in [3.8, 4) is 0 Å². The Kier molecular flexibility index (Phi) is 4.47. The molecule has 0 atom stereocenters. The molecule has 1 heterocycles. The second-order valence-electron chi connectivity index (χ2n) is 4.37. The maximum atomic E-state index is 12.3. The molecule has 1 aromatic carbocycles. The zero-order valence-corrected chi connectivity index (χ0v) is 11.0. The Balaban J connectivity index is 2.24. The van der Waals surface area contributed by atoms with Crippen molar-refractivity contribution in [1.82, 2.24) is 9.88 Å². The van der Waals surface area contributed by atoms with E-state index >= 15 is 0 Å². The van der Waals surface area contributed by atoms with Crippen LogP contribution in [0.3, 0.4) is 0 Å². The van der Waals surface area contributed by atoms with Crippen LogP contribution >= 0.6 is 0 Å². The van der Waals surface area contributed by atoms with E-state index in [2.05, 4.69) is 4.98 Å². The van der Waals surface area contributed by atoms with Crippen LogP contribution in [0.2, 0.25) is 0 Å². The van der Waals surface area contributed by atoms with Crippen molar-refractivity contribution in [2.24, 2.45) is 0 Å². The predicted molar refractivity (Wildman–Crippen MR) is 75.0 cm³/mol. The fraction of sp³-hybridized carbons (Fsp3) is 0.333. The third kappa shape index (κ3) is 3.09. The second-order valence-corrected chi connectivity index (χ2v) is 4.37. The normalized spacial score (nSPS) is 10.6. The Morgan fingerprint density at radius 2 is 2.21 bits per heavy atom. The fourth-order valence-electron chi connectivity index (χ4n) is 2.06. The van der Waals surface area contributed by atoms with Gasteiger partial charge in [-0.25, -0.2) is 0 Å². The van der Waals surface area contributed by atoms with Gasteiger partial charge in [0.1, 0.15) is 0 Å². The smallest absolute Gasteiger partial charge is 0.253 e. The summed E-state index contributed by atoms with van der Waals surface area (Å²) in [5.41, 5.74) is 1.55. The Morgan fingerprint density at radius 3 is 2.95 bits per heavy atom. The van der Waals surface area contributed by atoms with E-state index in [4.69, 9.17) is 5.11 Å². The van der Waals surface area contributed by atoms with Crippen molar-refractivity contribution in [3.63, 3.8) is 0 Å². The van der Waals surface area contributed by atoms with Crippen molar-refractivity contribution in [1.29, 1.82) is 0 Å². The quantitative estimate of drug-likeness (QED) is 0.893. The first kappa shape index (κ1) is 13.5. The highest BCUT2D eigenvalue weighted by molar-refractivity contribution is 5.97. The lowest BCUT2D eigenvalue weighted by Crippen LogP contribution is -2.32. The van der Waals surface area contributed by atoms with Crippen molar-refractivity contribution < 1.29 is 9.90 Å². The lowest BCUT2D eigenvalue weighted by atomic mass is 10.1. The Labute approximate surface area is 112 Å². The average molecular weight is 258 g/mol. The van der Waals surface area contributed by atoms with Gasteiger partial charge in [-0.1, -0.05) is 6.07 Å².